The van der Waals surface area contributed by atoms with Crippen molar-refractivity contribution in [3.05, 3.63) is 102 Å². The van der Waals surface area contributed by atoms with Crippen molar-refractivity contribution >= 4 is 21.8 Å². The van der Waals surface area contributed by atoms with Crippen LogP contribution in [0.25, 0.3) is 21.8 Å². The van der Waals surface area contributed by atoms with Gasteiger partial charge in [-0.25, -0.2) is 19.1 Å². The first kappa shape index (κ1) is 18.5. The standard InChI is InChI=1S/C26H25N4/c1-2-7-26-29(18-22-14-12-20-8-3-5-10-24(20)27-22)16-17-30(26)19-23-15-13-21-9-4-6-11-25(21)28-23/h3-6,8-17H,2,7,18-19H2,1H3/q+1. The normalized spacial score (nSPS) is 11.4. The van der Waals surface area contributed by atoms with Gasteiger partial charge in [0, 0.05) is 17.2 Å². The number of aromatic nitrogens is 4. The zero-order valence-corrected chi connectivity index (χ0v) is 17.2. The summed E-state index contributed by atoms with van der Waals surface area (Å²) in [5.41, 5.74) is 4.26. The molecule has 0 amide bonds. The van der Waals surface area contributed by atoms with Gasteiger partial charge in [-0.3, -0.25) is 0 Å². The average Bonchev–Trinajstić information content (AvgIpc) is 3.15. The van der Waals surface area contributed by atoms with E-state index in [1.807, 2.05) is 12.1 Å². The molecule has 3 heterocycles. The topological polar surface area (TPSA) is 34.6 Å². The minimum Gasteiger partial charge on any atom is -0.249 e. The Labute approximate surface area is 176 Å². The van der Waals surface area contributed by atoms with Crippen LogP contribution >= 0.6 is 0 Å². The largest absolute Gasteiger partial charge is 0.257 e. The summed E-state index contributed by atoms with van der Waals surface area (Å²) in [6.07, 6.45) is 6.46. The van der Waals surface area contributed by atoms with Gasteiger partial charge in [-0.1, -0.05) is 55.5 Å². The van der Waals surface area contributed by atoms with Crippen molar-refractivity contribution in [2.45, 2.75) is 32.9 Å². The van der Waals surface area contributed by atoms with Crippen LogP contribution in [0.1, 0.15) is 30.6 Å². The molecule has 0 fully saturated rings. The van der Waals surface area contributed by atoms with Crippen molar-refractivity contribution in [1.82, 2.24) is 14.5 Å². The predicted molar refractivity (Wildman–Crippen MR) is 120 cm³/mol. The van der Waals surface area contributed by atoms with Crippen molar-refractivity contribution in [1.29, 1.82) is 0 Å². The molecule has 4 nitrogen and oxygen atoms in total. The van der Waals surface area contributed by atoms with Crippen LogP contribution in [0, 0.1) is 0 Å². The molecule has 5 rings (SSSR count). The Morgan fingerprint density at radius 2 is 1.40 bits per heavy atom. The fourth-order valence-corrected chi connectivity index (χ4v) is 4.04. The van der Waals surface area contributed by atoms with Gasteiger partial charge in [-0.05, 0) is 30.7 Å². The molecular weight excluding hydrogens is 368 g/mol. The van der Waals surface area contributed by atoms with E-state index in [0.717, 1.165) is 48.4 Å². The summed E-state index contributed by atoms with van der Waals surface area (Å²) in [6, 6.07) is 25.1. The summed E-state index contributed by atoms with van der Waals surface area (Å²) < 4.78 is 4.64. The van der Waals surface area contributed by atoms with Crippen molar-refractivity contribution in [3.63, 3.8) is 0 Å². The van der Waals surface area contributed by atoms with Crippen molar-refractivity contribution in [2.24, 2.45) is 0 Å². The summed E-state index contributed by atoms with van der Waals surface area (Å²) in [6.45, 7) is 3.78. The number of rotatable bonds is 6. The lowest BCUT2D eigenvalue weighted by Crippen LogP contribution is -2.38. The first-order valence-electron chi connectivity index (χ1n) is 10.6. The van der Waals surface area contributed by atoms with Crippen LogP contribution < -0.4 is 4.57 Å². The molecule has 0 N–H and O–H groups in total. The summed E-state index contributed by atoms with van der Waals surface area (Å²) in [7, 11) is 0. The molecule has 0 aliphatic heterocycles. The van der Waals surface area contributed by atoms with Gasteiger partial charge in [0.2, 0.25) is 0 Å². The van der Waals surface area contributed by atoms with Gasteiger partial charge in [0.1, 0.15) is 25.5 Å². The Kier molecular flexibility index (Phi) is 4.98. The number of benzene rings is 2. The third kappa shape index (κ3) is 3.69. The van der Waals surface area contributed by atoms with Gasteiger partial charge in [0.05, 0.1) is 22.4 Å². The number of hydrogen-bond acceptors (Lipinski definition) is 2. The highest BCUT2D eigenvalue weighted by molar-refractivity contribution is 5.79. The van der Waals surface area contributed by atoms with E-state index in [1.165, 1.54) is 16.6 Å². The van der Waals surface area contributed by atoms with Crippen molar-refractivity contribution < 1.29 is 4.57 Å². The molecule has 5 aromatic rings. The second kappa shape index (κ2) is 8.07. The van der Waals surface area contributed by atoms with Crippen LogP contribution in [0.4, 0.5) is 0 Å². The van der Waals surface area contributed by atoms with Gasteiger partial charge in [0.15, 0.2) is 0 Å². The van der Waals surface area contributed by atoms with Crippen LogP contribution in [0.15, 0.2) is 85.2 Å². The van der Waals surface area contributed by atoms with Gasteiger partial charge in [-0.2, -0.15) is 0 Å². The van der Waals surface area contributed by atoms with Crippen LogP contribution in [0.5, 0.6) is 0 Å². The fourth-order valence-electron chi connectivity index (χ4n) is 4.04. The predicted octanol–water partition coefficient (Wildman–Crippen LogP) is 4.92. The molecule has 4 heteroatoms. The molecule has 3 aromatic heterocycles. The van der Waals surface area contributed by atoms with E-state index < -0.39 is 0 Å². The Morgan fingerprint density at radius 1 is 0.767 bits per heavy atom. The maximum Gasteiger partial charge on any atom is 0.257 e. The molecule has 30 heavy (non-hydrogen) atoms. The maximum atomic E-state index is 4.86. The number of nitrogens with zero attached hydrogens (tertiary/aromatic N) is 4. The summed E-state index contributed by atoms with van der Waals surface area (Å²) in [4.78, 5) is 9.71. The van der Waals surface area contributed by atoms with E-state index in [-0.39, 0.29) is 0 Å². The minimum atomic E-state index is 0.776. The molecule has 0 aliphatic carbocycles. The minimum absolute atomic E-state index is 0.776. The molecule has 148 valence electrons. The molecule has 0 aliphatic rings. The van der Waals surface area contributed by atoms with E-state index in [2.05, 4.69) is 89.1 Å². The van der Waals surface area contributed by atoms with E-state index in [0.29, 0.717) is 0 Å². The molecule has 0 saturated carbocycles. The Hall–Kier alpha value is -3.53. The second-order valence-corrected chi connectivity index (χ2v) is 7.71. The lowest BCUT2D eigenvalue weighted by molar-refractivity contribution is -0.695. The highest BCUT2D eigenvalue weighted by Gasteiger charge is 2.18. The molecule has 0 saturated heterocycles. The first-order chi connectivity index (χ1) is 14.8. The number of imidazole rings is 1. The zero-order valence-electron chi connectivity index (χ0n) is 17.2. The van der Waals surface area contributed by atoms with E-state index in [1.54, 1.807) is 0 Å². The number of para-hydroxylation sites is 2. The van der Waals surface area contributed by atoms with Crippen LogP contribution in [-0.2, 0) is 19.5 Å². The monoisotopic (exact) mass is 393 g/mol. The second-order valence-electron chi connectivity index (χ2n) is 7.71. The Bertz CT molecular complexity index is 1220. The van der Waals surface area contributed by atoms with E-state index in [9.17, 15) is 0 Å². The fraction of sp³-hybridized carbons (Fsp3) is 0.192. The third-order valence-corrected chi connectivity index (χ3v) is 5.54. The van der Waals surface area contributed by atoms with Crippen LogP contribution in [0.2, 0.25) is 0 Å². The van der Waals surface area contributed by atoms with Gasteiger partial charge < -0.3 is 0 Å². The average molecular weight is 394 g/mol. The Balaban J connectivity index is 1.44. The lowest BCUT2D eigenvalue weighted by atomic mass is 10.2. The Morgan fingerprint density at radius 3 is 2.10 bits per heavy atom. The number of fused-ring (bicyclic) bond motifs is 2. The maximum absolute atomic E-state index is 4.86. The highest BCUT2D eigenvalue weighted by Crippen LogP contribution is 2.14. The van der Waals surface area contributed by atoms with Gasteiger partial charge in [-0.15, -0.1) is 0 Å². The summed E-state index contributed by atoms with van der Waals surface area (Å²) in [5, 5.41) is 2.36. The third-order valence-electron chi connectivity index (χ3n) is 5.54. The van der Waals surface area contributed by atoms with Gasteiger partial charge >= 0.3 is 0 Å². The molecular formula is C26H25N4+. The number of pyridine rings is 2. The van der Waals surface area contributed by atoms with Crippen LogP contribution in [-0.4, -0.2) is 14.5 Å². The van der Waals surface area contributed by atoms with Crippen molar-refractivity contribution in [2.75, 3.05) is 0 Å². The molecule has 0 unspecified atom stereocenters. The smallest absolute Gasteiger partial charge is 0.249 e. The molecule has 2 aromatic carbocycles. The molecule has 0 radical (unpaired) electrons. The summed E-state index contributed by atoms with van der Waals surface area (Å²) in [5.74, 6) is 1.31. The van der Waals surface area contributed by atoms with Gasteiger partial charge in [0.25, 0.3) is 5.82 Å². The van der Waals surface area contributed by atoms with Crippen molar-refractivity contribution in [3.8, 4) is 0 Å². The zero-order chi connectivity index (χ0) is 20.3. The van der Waals surface area contributed by atoms with E-state index in [4.69, 9.17) is 9.97 Å². The number of hydrogen-bond donors (Lipinski definition) is 0. The first-order valence-corrected chi connectivity index (χ1v) is 10.6. The lowest BCUT2D eigenvalue weighted by Gasteiger charge is -2.06. The molecule has 0 spiro atoms. The highest BCUT2D eigenvalue weighted by atomic mass is 15.2. The SMILES string of the molecule is CCCc1n(Cc2ccc3ccccc3n2)cc[n+]1Cc1ccc2ccccc2n1. The quantitative estimate of drug-likeness (QED) is 0.384. The molecule has 0 bridgehead atoms. The van der Waals surface area contributed by atoms with Crippen LogP contribution in [0.3, 0.4) is 0 Å². The van der Waals surface area contributed by atoms with E-state index >= 15 is 0 Å². The molecule has 0 atom stereocenters. The summed E-state index contributed by atoms with van der Waals surface area (Å²) >= 11 is 0.